The van der Waals surface area contributed by atoms with E-state index in [-0.39, 0.29) is 5.91 Å². The maximum atomic E-state index is 12.9. The first-order valence-corrected chi connectivity index (χ1v) is 10.8. The van der Waals surface area contributed by atoms with E-state index in [0.29, 0.717) is 18.8 Å². The van der Waals surface area contributed by atoms with Crippen LogP contribution in [0.2, 0.25) is 0 Å². The van der Waals surface area contributed by atoms with Crippen LogP contribution in [0.4, 0.5) is 16.5 Å². The zero-order valence-corrected chi connectivity index (χ0v) is 17.9. The van der Waals surface area contributed by atoms with Crippen molar-refractivity contribution in [3.05, 3.63) is 70.2 Å². The van der Waals surface area contributed by atoms with E-state index in [1.165, 1.54) is 33.7 Å². The van der Waals surface area contributed by atoms with Gasteiger partial charge in [-0.2, -0.15) is 0 Å². The molecule has 2 aromatic carbocycles. The van der Waals surface area contributed by atoms with Crippen LogP contribution in [0, 0.1) is 20.8 Å². The van der Waals surface area contributed by atoms with Crippen molar-refractivity contribution >= 4 is 33.8 Å². The molecule has 6 heteroatoms. The lowest BCUT2D eigenvalue weighted by molar-refractivity contribution is 0.0742. The zero-order valence-electron chi connectivity index (χ0n) is 17.1. The van der Waals surface area contributed by atoms with Crippen LogP contribution in [0.15, 0.2) is 47.8 Å². The van der Waals surface area contributed by atoms with Crippen LogP contribution in [0.1, 0.15) is 27.2 Å². The van der Waals surface area contributed by atoms with Gasteiger partial charge in [0.25, 0.3) is 5.91 Å². The van der Waals surface area contributed by atoms with Crippen LogP contribution in [0.3, 0.4) is 0 Å². The van der Waals surface area contributed by atoms with Gasteiger partial charge in [-0.3, -0.25) is 4.79 Å². The fourth-order valence-corrected chi connectivity index (χ4v) is 4.35. The van der Waals surface area contributed by atoms with E-state index in [2.05, 4.69) is 78.4 Å². The Morgan fingerprint density at radius 2 is 1.76 bits per heavy atom. The predicted molar refractivity (Wildman–Crippen MR) is 121 cm³/mol. The Morgan fingerprint density at radius 3 is 2.48 bits per heavy atom. The summed E-state index contributed by atoms with van der Waals surface area (Å²) in [6.07, 6.45) is 0. The van der Waals surface area contributed by atoms with Crippen molar-refractivity contribution in [2.45, 2.75) is 20.8 Å². The molecule has 1 N–H and O–H groups in total. The summed E-state index contributed by atoms with van der Waals surface area (Å²) >= 11 is 1.47. The number of aryl methyl sites for hydroxylation is 3. The summed E-state index contributed by atoms with van der Waals surface area (Å²) in [5, 5.41) is 5.94. The standard InChI is InChI=1S/C23H26N4OS/c1-16-5-4-6-19(14-16)26-9-11-27(12-10-26)22(28)21-15-29-23(25-21)24-20-8-7-17(2)13-18(20)3/h4-8,13-15H,9-12H2,1-3H3,(H,24,25). The molecule has 0 spiro atoms. The van der Waals surface area contributed by atoms with Crippen molar-refractivity contribution in [3.8, 4) is 0 Å². The van der Waals surface area contributed by atoms with Gasteiger partial charge in [0.1, 0.15) is 5.69 Å². The van der Waals surface area contributed by atoms with E-state index in [4.69, 9.17) is 0 Å². The molecule has 1 aliphatic heterocycles. The molecule has 1 aliphatic rings. The van der Waals surface area contributed by atoms with E-state index in [0.717, 1.165) is 23.9 Å². The molecule has 3 aromatic rings. The predicted octanol–water partition coefficient (Wildman–Crippen LogP) is 4.77. The number of hydrogen-bond donors (Lipinski definition) is 1. The van der Waals surface area contributed by atoms with Gasteiger partial charge < -0.3 is 15.1 Å². The van der Waals surface area contributed by atoms with Crippen molar-refractivity contribution in [3.63, 3.8) is 0 Å². The Balaban J connectivity index is 1.38. The molecule has 29 heavy (non-hydrogen) atoms. The van der Waals surface area contributed by atoms with Crippen LogP contribution in [0.5, 0.6) is 0 Å². The molecule has 1 saturated heterocycles. The number of piperazine rings is 1. The molecule has 0 aliphatic carbocycles. The average molecular weight is 407 g/mol. The van der Waals surface area contributed by atoms with Crippen LogP contribution >= 0.6 is 11.3 Å². The SMILES string of the molecule is Cc1cccc(N2CCN(C(=O)c3csc(Nc4ccc(C)cc4C)n3)CC2)c1. The fourth-order valence-electron chi connectivity index (χ4n) is 3.65. The number of amides is 1. The van der Waals surface area contributed by atoms with E-state index in [1.807, 2.05) is 10.3 Å². The van der Waals surface area contributed by atoms with Crippen molar-refractivity contribution in [2.24, 2.45) is 0 Å². The van der Waals surface area contributed by atoms with E-state index < -0.39 is 0 Å². The molecule has 5 nitrogen and oxygen atoms in total. The summed E-state index contributed by atoms with van der Waals surface area (Å²) in [6.45, 7) is 9.36. The minimum atomic E-state index is 0.0128. The summed E-state index contributed by atoms with van der Waals surface area (Å²) in [5.74, 6) is 0.0128. The van der Waals surface area contributed by atoms with E-state index >= 15 is 0 Å². The maximum Gasteiger partial charge on any atom is 0.273 e. The summed E-state index contributed by atoms with van der Waals surface area (Å²) in [7, 11) is 0. The molecule has 0 unspecified atom stereocenters. The number of carbonyl (C=O) groups excluding carboxylic acids is 1. The Bertz CT molecular complexity index is 1020. The number of hydrogen-bond acceptors (Lipinski definition) is 5. The average Bonchev–Trinajstić information content (AvgIpc) is 3.18. The normalized spacial score (nSPS) is 14.2. The van der Waals surface area contributed by atoms with Crippen LogP contribution in [0.25, 0.3) is 0 Å². The number of thiazole rings is 1. The number of aromatic nitrogens is 1. The monoisotopic (exact) mass is 406 g/mol. The lowest BCUT2D eigenvalue weighted by Crippen LogP contribution is -2.48. The largest absolute Gasteiger partial charge is 0.368 e. The molecule has 0 bridgehead atoms. The first-order valence-electron chi connectivity index (χ1n) is 9.90. The second kappa shape index (κ2) is 8.25. The highest BCUT2D eigenvalue weighted by atomic mass is 32.1. The summed E-state index contributed by atoms with van der Waals surface area (Å²) < 4.78 is 0. The second-order valence-electron chi connectivity index (χ2n) is 7.60. The minimum Gasteiger partial charge on any atom is -0.368 e. The fraction of sp³-hybridized carbons (Fsp3) is 0.304. The molecule has 1 aromatic heterocycles. The summed E-state index contributed by atoms with van der Waals surface area (Å²) in [5.41, 5.74) is 6.42. The Kier molecular flexibility index (Phi) is 5.53. The number of nitrogens with zero attached hydrogens (tertiary/aromatic N) is 3. The van der Waals surface area contributed by atoms with Gasteiger partial charge in [0, 0.05) is 42.9 Å². The smallest absolute Gasteiger partial charge is 0.273 e. The summed E-state index contributed by atoms with van der Waals surface area (Å²) in [4.78, 5) is 21.7. The Morgan fingerprint density at radius 1 is 1.00 bits per heavy atom. The zero-order chi connectivity index (χ0) is 20.4. The highest BCUT2D eigenvalue weighted by molar-refractivity contribution is 7.14. The highest BCUT2D eigenvalue weighted by Crippen LogP contribution is 2.25. The van der Waals surface area contributed by atoms with Gasteiger partial charge in [-0.05, 0) is 50.1 Å². The number of benzene rings is 2. The third kappa shape index (κ3) is 4.43. The third-order valence-corrected chi connectivity index (χ3v) is 6.04. The second-order valence-corrected chi connectivity index (χ2v) is 8.46. The molecule has 0 saturated carbocycles. The minimum absolute atomic E-state index is 0.0128. The highest BCUT2D eigenvalue weighted by Gasteiger charge is 2.24. The van der Waals surface area contributed by atoms with Crippen LogP contribution in [-0.4, -0.2) is 42.0 Å². The van der Waals surface area contributed by atoms with Crippen molar-refractivity contribution < 1.29 is 4.79 Å². The van der Waals surface area contributed by atoms with Gasteiger partial charge in [0.05, 0.1) is 0 Å². The first-order chi connectivity index (χ1) is 14.0. The van der Waals surface area contributed by atoms with E-state index in [9.17, 15) is 4.79 Å². The quantitative estimate of drug-likeness (QED) is 0.678. The lowest BCUT2D eigenvalue weighted by Gasteiger charge is -2.36. The van der Waals surface area contributed by atoms with Gasteiger partial charge in [-0.1, -0.05) is 29.8 Å². The molecule has 1 fully saturated rings. The maximum absolute atomic E-state index is 12.9. The topological polar surface area (TPSA) is 48.5 Å². The molecule has 150 valence electrons. The molecule has 1 amide bonds. The van der Waals surface area contributed by atoms with Gasteiger partial charge in [-0.25, -0.2) is 4.98 Å². The molecular weight excluding hydrogens is 380 g/mol. The number of nitrogens with one attached hydrogen (secondary N) is 1. The van der Waals surface area contributed by atoms with Gasteiger partial charge >= 0.3 is 0 Å². The third-order valence-electron chi connectivity index (χ3n) is 5.28. The van der Waals surface area contributed by atoms with Crippen molar-refractivity contribution in [2.75, 3.05) is 36.4 Å². The number of carbonyl (C=O) groups is 1. The van der Waals surface area contributed by atoms with Crippen LogP contribution in [-0.2, 0) is 0 Å². The van der Waals surface area contributed by atoms with Gasteiger partial charge in [-0.15, -0.1) is 11.3 Å². The molecule has 0 atom stereocenters. The Labute approximate surface area is 176 Å². The number of rotatable bonds is 4. The van der Waals surface area contributed by atoms with Crippen molar-refractivity contribution in [1.29, 1.82) is 0 Å². The Hall–Kier alpha value is -2.86. The van der Waals surface area contributed by atoms with E-state index in [1.54, 1.807) is 0 Å². The van der Waals surface area contributed by atoms with Gasteiger partial charge in [0.15, 0.2) is 5.13 Å². The van der Waals surface area contributed by atoms with Crippen molar-refractivity contribution in [1.82, 2.24) is 9.88 Å². The molecule has 0 radical (unpaired) electrons. The number of anilines is 3. The summed E-state index contributed by atoms with van der Waals surface area (Å²) in [6, 6.07) is 14.8. The molecular formula is C23H26N4OS. The molecule has 4 rings (SSSR count). The lowest BCUT2D eigenvalue weighted by atomic mass is 10.1. The molecule has 2 heterocycles. The van der Waals surface area contributed by atoms with Crippen LogP contribution < -0.4 is 10.2 Å². The van der Waals surface area contributed by atoms with Gasteiger partial charge in [0.2, 0.25) is 0 Å². The first kappa shape index (κ1) is 19.5.